The van der Waals surface area contributed by atoms with E-state index in [0.717, 1.165) is 0 Å². The van der Waals surface area contributed by atoms with Gasteiger partial charge in [-0.15, -0.1) is 5.10 Å². The highest BCUT2D eigenvalue weighted by atomic mass is 35.5. The normalized spacial score (nSPS) is 9.25. The van der Waals surface area contributed by atoms with Gasteiger partial charge >= 0.3 is 0 Å². The van der Waals surface area contributed by atoms with Crippen LogP contribution in [-0.2, 0) is 0 Å². The number of nitrogens with zero attached hydrogens (tertiary/aromatic N) is 2. The van der Waals surface area contributed by atoms with E-state index in [1.165, 1.54) is 6.20 Å². The second-order valence-electron chi connectivity index (χ2n) is 1.09. The maximum Gasteiger partial charge on any atom is 0.170 e. The monoisotopic (exact) mass is 147 g/mol. The molecule has 0 aromatic carbocycles. The molecule has 0 atom stereocenters. The molecule has 0 unspecified atom stereocenters. The molecule has 1 radical (unpaired) electrons. The van der Waals surface area contributed by atoms with Gasteiger partial charge < -0.3 is 0 Å². The molecule has 1 rings (SSSR count). The Kier molecular flexibility index (Phi) is 1.65. The van der Waals surface area contributed by atoms with Crippen LogP contribution >= 0.6 is 23.2 Å². The summed E-state index contributed by atoms with van der Waals surface area (Å²) in [6, 6.07) is 2.56. The van der Waals surface area contributed by atoms with E-state index in [0.29, 0.717) is 5.02 Å². The molecule has 0 aliphatic carbocycles. The van der Waals surface area contributed by atoms with Crippen molar-refractivity contribution in [2.45, 2.75) is 0 Å². The summed E-state index contributed by atoms with van der Waals surface area (Å²) in [6.07, 6.45) is 1.36. The van der Waals surface area contributed by atoms with Crippen molar-refractivity contribution in [2.75, 3.05) is 0 Å². The maximum atomic E-state index is 5.42. The molecule has 2 nitrogen and oxygen atoms in total. The van der Waals surface area contributed by atoms with Crippen LogP contribution in [0.4, 0.5) is 0 Å². The molecule has 8 heavy (non-hydrogen) atoms. The van der Waals surface area contributed by atoms with E-state index in [-0.39, 0.29) is 5.15 Å². The van der Waals surface area contributed by atoms with Gasteiger partial charge in [0.25, 0.3) is 0 Å². The minimum Gasteiger partial charge on any atom is -0.157 e. The Morgan fingerprint density at radius 3 is 2.62 bits per heavy atom. The van der Waals surface area contributed by atoms with Crippen molar-refractivity contribution in [2.24, 2.45) is 0 Å². The first-order chi connectivity index (χ1) is 3.80. The van der Waals surface area contributed by atoms with Gasteiger partial charge in [-0.3, -0.25) is 0 Å². The summed E-state index contributed by atoms with van der Waals surface area (Å²) in [5.74, 6) is 0. The molecule has 0 N–H and O–H groups in total. The van der Waals surface area contributed by atoms with Crippen LogP contribution in [0.15, 0.2) is 6.20 Å². The summed E-state index contributed by atoms with van der Waals surface area (Å²) in [5, 5.41) is 7.35. The van der Waals surface area contributed by atoms with Crippen molar-refractivity contribution in [3.63, 3.8) is 0 Å². The van der Waals surface area contributed by atoms with Crippen LogP contribution in [0, 0.1) is 6.07 Å². The van der Waals surface area contributed by atoms with Crippen LogP contribution in [0.5, 0.6) is 0 Å². The fourth-order valence-corrected chi connectivity index (χ4v) is 0.453. The summed E-state index contributed by atoms with van der Waals surface area (Å²) in [4.78, 5) is 0. The lowest BCUT2D eigenvalue weighted by molar-refractivity contribution is 1.03. The third-order valence-electron chi connectivity index (χ3n) is 0.576. The molecule has 1 aromatic heterocycles. The highest BCUT2D eigenvalue weighted by Gasteiger charge is 1.93. The average Bonchev–Trinajstić information content (AvgIpc) is 1.77. The largest absolute Gasteiger partial charge is 0.170 e. The zero-order valence-electron chi connectivity index (χ0n) is 3.73. The first kappa shape index (κ1) is 5.79. The topological polar surface area (TPSA) is 25.8 Å². The fourth-order valence-electron chi connectivity index (χ4n) is 0.269. The molecule has 41 valence electrons. The second kappa shape index (κ2) is 2.29. The summed E-state index contributed by atoms with van der Waals surface area (Å²) in [7, 11) is 0. The summed E-state index contributed by atoms with van der Waals surface area (Å²) in [6.45, 7) is 0. The number of aromatic nitrogens is 2. The molecule has 0 spiro atoms. The molecule has 0 aliphatic rings. The van der Waals surface area contributed by atoms with Crippen LogP contribution in [-0.4, -0.2) is 10.2 Å². The molecule has 0 amide bonds. The van der Waals surface area contributed by atoms with Gasteiger partial charge in [-0.25, -0.2) is 0 Å². The molecular formula is C4HCl2N2. The zero-order valence-corrected chi connectivity index (χ0v) is 5.24. The van der Waals surface area contributed by atoms with Crippen LogP contribution in [0.1, 0.15) is 0 Å². The van der Waals surface area contributed by atoms with Gasteiger partial charge in [-0.2, -0.15) is 5.10 Å². The van der Waals surface area contributed by atoms with E-state index >= 15 is 0 Å². The lowest BCUT2D eigenvalue weighted by Crippen LogP contribution is -1.78. The Morgan fingerprint density at radius 2 is 2.25 bits per heavy atom. The van der Waals surface area contributed by atoms with Gasteiger partial charge in [0.15, 0.2) is 5.15 Å². The third kappa shape index (κ3) is 1.08. The lowest BCUT2D eigenvalue weighted by atomic mass is 10.6. The minimum atomic E-state index is 0.189. The van der Waals surface area contributed by atoms with Gasteiger partial charge in [0.1, 0.15) is 0 Å². The van der Waals surface area contributed by atoms with E-state index in [1.807, 2.05) is 0 Å². The Labute approximate surface area is 56.4 Å². The first-order valence-electron chi connectivity index (χ1n) is 1.85. The smallest absolute Gasteiger partial charge is 0.157 e. The van der Waals surface area contributed by atoms with Crippen LogP contribution < -0.4 is 0 Å². The quantitative estimate of drug-likeness (QED) is 0.558. The van der Waals surface area contributed by atoms with Gasteiger partial charge in [0, 0.05) is 6.07 Å². The number of hydrogen-bond acceptors (Lipinski definition) is 2. The third-order valence-corrected chi connectivity index (χ3v) is 1.23. The van der Waals surface area contributed by atoms with Crippen LogP contribution in [0.3, 0.4) is 0 Å². The maximum absolute atomic E-state index is 5.42. The standard InChI is InChI=1S/C4HCl2N2/c5-3-1-2-7-8-4(3)6/h2H. The Morgan fingerprint density at radius 1 is 1.50 bits per heavy atom. The average molecular weight is 148 g/mol. The first-order valence-corrected chi connectivity index (χ1v) is 2.60. The van der Waals surface area contributed by atoms with Crippen LogP contribution in [0.25, 0.3) is 0 Å². The molecule has 4 heteroatoms. The zero-order chi connectivity index (χ0) is 5.98. The fraction of sp³-hybridized carbons (Fsp3) is 0. The van der Waals surface area contributed by atoms with Gasteiger partial charge in [0.2, 0.25) is 0 Å². The Hall–Kier alpha value is -0.340. The SMILES string of the molecule is Clc1[c]cnnc1Cl. The Balaban J connectivity index is 3.13. The lowest BCUT2D eigenvalue weighted by Gasteiger charge is -1.85. The highest BCUT2D eigenvalue weighted by Crippen LogP contribution is 2.14. The predicted octanol–water partition coefficient (Wildman–Crippen LogP) is 1.58. The second-order valence-corrected chi connectivity index (χ2v) is 1.83. The summed E-state index contributed by atoms with van der Waals surface area (Å²) in [5.41, 5.74) is 0. The van der Waals surface area contributed by atoms with Crippen molar-refractivity contribution >= 4 is 23.2 Å². The van der Waals surface area contributed by atoms with E-state index in [1.54, 1.807) is 0 Å². The van der Waals surface area contributed by atoms with E-state index < -0.39 is 0 Å². The molecule has 0 bridgehead atoms. The van der Waals surface area contributed by atoms with Crippen molar-refractivity contribution in [1.29, 1.82) is 0 Å². The van der Waals surface area contributed by atoms with E-state index in [4.69, 9.17) is 23.2 Å². The summed E-state index contributed by atoms with van der Waals surface area (Å²) < 4.78 is 0. The molecular weight excluding hydrogens is 147 g/mol. The van der Waals surface area contributed by atoms with Crippen molar-refractivity contribution in [3.8, 4) is 0 Å². The molecule has 0 saturated heterocycles. The molecule has 0 fully saturated rings. The summed E-state index contributed by atoms with van der Waals surface area (Å²) >= 11 is 10.8. The van der Waals surface area contributed by atoms with Gasteiger partial charge in [0.05, 0.1) is 11.2 Å². The number of halogens is 2. The van der Waals surface area contributed by atoms with Gasteiger partial charge in [-0.1, -0.05) is 23.2 Å². The molecule has 1 heterocycles. The van der Waals surface area contributed by atoms with Crippen molar-refractivity contribution < 1.29 is 0 Å². The molecule has 0 saturated carbocycles. The van der Waals surface area contributed by atoms with Crippen molar-refractivity contribution in [1.82, 2.24) is 10.2 Å². The predicted molar refractivity (Wildman–Crippen MR) is 30.9 cm³/mol. The Bertz CT molecular complexity index is 168. The van der Waals surface area contributed by atoms with E-state index in [2.05, 4.69) is 16.3 Å². The highest BCUT2D eigenvalue weighted by molar-refractivity contribution is 6.40. The number of hydrogen-bond donors (Lipinski definition) is 0. The molecule has 1 aromatic rings. The van der Waals surface area contributed by atoms with Gasteiger partial charge in [-0.05, 0) is 0 Å². The number of rotatable bonds is 0. The van der Waals surface area contributed by atoms with Crippen molar-refractivity contribution in [3.05, 3.63) is 22.4 Å². The molecule has 0 aliphatic heterocycles. The minimum absolute atomic E-state index is 0.189. The van der Waals surface area contributed by atoms with E-state index in [9.17, 15) is 0 Å². The van der Waals surface area contributed by atoms with Crippen LogP contribution in [0.2, 0.25) is 10.2 Å².